The van der Waals surface area contributed by atoms with E-state index in [2.05, 4.69) is 52.0 Å². The van der Waals surface area contributed by atoms with E-state index in [-0.39, 0.29) is 40.6 Å². The van der Waals surface area contributed by atoms with Crippen LogP contribution in [-0.4, -0.2) is 29.9 Å². The summed E-state index contributed by atoms with van der Waals surface area (Å²) in [5.74, 6) is 1.97. The molecule has 1 fully saturated rings. The third-order valence-corrected chi connectivity index (χ3v) is 11.6. The van der Waals surface area contributed by atoms with Crippen LogP contribution in [0.2, 0.25) is 0 Å². The highest BCUT2D eigenvalue weighted by molar-refractivity contribution is 5.96. The Hall–Kier alpha value is -4.77. The zero-order chi connectivity index (χ0) is 44.1. The molecular formula is C56H82O5. The third kappa shape index (κ3) is 22.1. The predicted octanol–water partition coefficient (Wildman–Crippen LogP) is 15.0. The summed E-state index contributed by atoms with van der Waals surface area (Å²) in [5.41, 5.74) is 7.56. The summed E-state index contributed by atoms with van der Waals surface area (Å²) in [7, 11) is 0. The molecule has 0 N–H and O–H groups in total. The average Bonchev–Trinajstić information content (AvgIpc) is 3.80. The fourth-order valence-corrected chi connectivity index (χ4v) is 7.61. The van der Waals surface area contributed by atoms with Gasteiger partial charge >= 0.3 is 0 Å². The second-order valence-electron chi connectivity index (χ2n) is 16.3. The summed E-state index contributed by atoms with van der Waals surface area (Å²) in [4.78, 5) is 59.2. The van der Waals surface area contributed by atoms with Gasteiger partial charge in [-0.05, 0) is 79.3 Å². The van der Waals surface area contributed by atoms with Crippen LogP contribution in [0.25, 0.3) is 0 Å². The Morgan fingerprint density at radius 2 is 1.30 bits per heavy atom. The number of hydrogen-bond acceptors (Lipinski definition) is 5. The van der Waals surface area contributed by atoms with E-state index in [1.807, 2.05) is 69.3 Å². The van der Waals surface area contributed by atoms with Gasteiger partial charge in [0, 0.05) is 52.0 Å². The number of aldehydes is 2. The SMILES string of the molecule is C.CC.CC(C(=O)CCCC1CCCC1)c1ccc(CCC(=O)c2cccc(CC(=O)Cc3cccc(C=O)c3)c2)cc1.CCC(CC)CCCC=O.Cc1ccc(C)cc1.[HH].[HH]. The van der Waals surface area contributed by atoms with E-state index >= 15 is 0 Å². The first kappa shape index (κ1) is 54.2. The fraction of sp³-hybridized carbons (Fsp3) is 0.482. The first-order valence-electron chi connectivity index (χ1n) is 22.8. The van der Waals surface area contributed by atoms with Crippen molar-refractivity contribution in [3.8, 4) is 0 Å². The second-order valence-corrected chi connectivity index (χ2v) is 16.3. The Morgan fingerprint density at radius 1 is 0.721 bits per heavy atom. The molecule has 0 aromatic heterocycles. The molecule has 0 spiro atoms. The second kappa shape index (κ2) is 32.0. The van der Waals surface area contributed by atoms with Crippen molar-refractivity contribution >= 4 is 29.9 Å². The van der Waals surface area contributed by atoms with E-state index in [1.54, 1.807) is 24.3 Å². The first-order chi connectivity index (χ1) is 29.0. The van der Waals surface area contributed by atoms with Crippen LogP contribution >= 0.6 is 0 Å². The van der Waals surface area contributed by atoms with Crippen LogP contribution in [0, 0.1) is 25.7 Å². The van der Waals surface area contributed by atoms with Gasteiger partial charge in [0.1, 0.15) is 24.1 Å². The van der Waals surface area contributed by atoms with Crippen LogP contribution < -0.4 is 0 Å². The Kier molecular flexibility index (Phi) is 28.5. The molecule has 0 heterocycles. The van der Waals surface area contributed by atoms with Gasteiger partial charge < -0.3 is 4.79 Å². The van der Waals surface area contributed by atoms with E-state index in [1.165, 1.54) is 62.5 Å². The molecule has 4 aromatic rings. The molecule has 0 radical (unpaired) electrons. The predicted molar refractivity (Wildman–Crippen MR) is 261 cm³/mol. The zero-order valence-corrected chi connectivity index (χ0v) is 38.0. The van der Waals surface area contributed by atoms with Gasteiger partial charge in [-0.2, -0.15) is 0 Å². The smallest absolute Gasteiger partial charge is 0.163 e. The maximum Gasteiger partial charge on any atom is 0.163 e. The molecule has 1 atom stereocenters. The van der Waals surface area contributed by atoms with E-state index in [0.717, 1.165) is 65.9 Å². The molecule has 5 heteroatoms. The van der Waals surface area contributed by atoms with E-state index in [4.69, 9.17) is 0 Å². The molecule has 5 nitrogen and oxygen atoms in total. The third-order valence-electron chi connectivity index (χ3n) is 11.6. The highest BCUT2D eigenvalue weighted by atomic mass is 16.1. The van der Waals surface area contributed by atoms with Crippen molar-refractivity contribution in [2.24, 2.45) is 11.8 Å². The van der Waals surface area contributed by atoms with Crippen molar-refractivity contribution < 1.29 is 26.8 Å². The highest BCUT2D eigenvalue weighted by Crippen LogP contribution is 2.30. The molecule has 1 aliphatic carbocycles. The van der Waals surface area contributed by atoms with Crippen molar-refractivity contribution in [3.63, 3.8) is 0 Å². The van der Waals surface area contributed by atoms with Crippen molar-refractivity contribution in [1.29, 1.82) is 0 Å². The Bertz CT molecular complexity index is 1820. The van der Waals surface area contributed by atoms with Crippen LogP contribution in [0.4, 0.5) is 0 Å². The van der Waals surface area contributed by atoms with Crippen LogP contribution in [-0.2, 0) is 33.6 Å². The van der Waals surface area contributed by atoms with Gasteiger partial charge in [0.15, 0.2) is 5.78 Å². The van der Waals surface area contributed by atoms with Gasteiger partial charge in [0.25, 0.3) is 0 Å². The van der Waals surface area contributed by atoms with E-state index in [9.17, 15) is 24.0 Å². The molecule has 61 heavy (non-hydrogen) atoms. The molecule has 0 amide bonds. The number of ketones is 3. The molecule has 1 aliphatic rings. The summed E-state index contributed by atoms with van der Waals surface area (Å²) in [6.07, 6.45) is 17.1. The van der Waals surface area contributed by atoms with Gasteiger partial charge in [0.05, 0.1) is 0 Å². The van der Waals surface area contributed by atoms with Crippen molar-refractivity contribution in [1.82, 2.24) is 0 Å². The van der Waals surface area contributed by atoms with Crippen LogP contribution in [0.15, 0.2) is 97.1 Å². The molecule has 1 saturated carbocycles. The Balaban J connectivity index is 0. The number of benzene rings is 4. The molecule has 0 bridgehead atoms. The topological polar surface area (TPSA) is 85.3 Å². The standard InChI is InChI=1S/C36H40O4.C9H18O.C8H10.C2H6.CH4.2H2/c1-26(35(39)14-6-9-27-7-2-3-8-27)32-18-15-28(16-19-32)17-20-36(40)33-13-5-11-30(22-33)24-34(38)23-29-10-4-12-31(21-29)25-37;1-3-9(4-2)7-5-6-8-10;1-7-3-5-8(2)6-4-7;1-2;;;/h4-5,10-13,15-16,18-19,21-22,25-27H,2-3,6-9,14,17,20,23-24H2,1H3;8-9H,3-7H2,1-2H3;3-6H,1-2H3;1-2H3;1H4;2*1H. The van der Waals surface area contributed by atoms with Crippen molar-refractivity contribution in [3.05, 3.63) is 142 Å². The molecule has 336 valence electrons. The Labute approximate surface area is 373 Å². The summed E-state index contributed by atoms with van der Waals surface area (Å²) in [6, 6.07) is 30.9. The lowest BCUT2D eigenvalue weighted by molar-refractivity contribution is -0.120. The number of carbonyl (C=O) groups excluding carboxylic acids is 5. The highest BCUT2D eigenvalue weighted by Gasteiger charge is 2.18. The molecular weight excluding hydrogens is 753 g/mol. The maximum absolute atomic E-state index is 12.9. The molecule has 5 rings (SSSR count). The molecule has 0 saturated heterocycles. The minimum Gasteiger partial charge on any atom is -0.303 e. The van der Waals surface area contributed by atoms with Crippen molar-refractivity contribution in [2.45, 2.75) is 165 Å². The minimum atomic E-state index is -0.0985. The van der Waals surface area contributed by atoms with E-state index < -0.39 is 0 Å². The lowest BCUT2D eigenvalue weighted by atomic mass is 9.91. The number of rotatable bonds is 21. The van der Waals surface area contributed by atoms with Gasteiger partial charge in [-0.1, -0.05) is 189 Å². The normalized spacial score (nSPS) is 12.3. The Morgan fingerprint density at radius 3 is 1.85 bits per heavy atom. The van der Waals surface area contributed by atoms with Gasteiger partial charge in [-0.3, -0.25) is 19.2 Å². The summed E-state index contributed by atoms with van der Waals surface area (Å²) in [6.45, 7) is 14.6. The van der Waals surface area contributed by atoms with Gasteiger partial charge in [-0.15, -0.1) is 0 Å². The monoisotopic (exact) mass is 835 g/mol. The quantitative estimate of drug-likeness (QED) is 0.0474. The molecule has 1 unspecified atom stereocenters. The van der Waals surface area contributed by atoms with Crippen molar-refractivity contribution in [2.75, 3.05) is 0 Å². The number of unbranched alkanes of at least 4 members (excludes halogenated alkanes) is 1. The summed E-state index contributed by atoms with van der Waals surface area (Å²) >= 11 is 0. The minimum absolute atomic E-state index is 0. The first-order valence-corrected chi connectivity index (χ1v) is 22.8. The van der Waals surface area contributed by atoms with Crippen LogP contribution in [0.3, 0.4) is 0 Å². The average molecular weight is 835 g/mol. The summed E-state index contributed by atoms with van der Waals surface area (Å²) < 4.78 is 0. The van der Waals surface area contributed by atoms with Gasteiger partial charge in [0.2, 0.25) is 0 Å². The number of carbonyl (C=O) groups is 5. The van der Waals surface area contributed by atoms with E-state index in [0.29, 0.717) is 36.2 Å². The maximum atomic E-state index is 12.9. The van der Waals surface area contributed by atoms with Crippen LogP contribution in [0.5, 0.6) is 0 Å². The van der Waals surface area contributed by atoms with Gasteiger partial charge in [-0.25, -0.2) is 0 Å². The fourth-order valence-electron chi connectivity index (χ4n) is 7.61. The lowest BCUT2D eigenvalue weighted by Gasteiger charge is -2.13. The summed E-state index contributed by atoms with van der Waals surface area (Å²) in [5, 5.41) is 0. The number of Topliss-reactive ketones (excluding diaryl/α,β-unsaturated/α-hetero) is 3. The molecule has 4 aromatic carbocycles. The number of aryl methyl sites for hydroxylation is 3. The van der Waals surface area contributed by atoms with Crippen LogP contribution in [0.1, 0.15) is 188 Å². The zero-order valence-electron chi connectivity index (χ0n) is 38.0. The number of hydrogen-bond donors (Lipinski definition) is 0. The largest absolute Gasteiger partial charge is 0.303 e. The lowest BCUT2D eigenvalue weighted by Crippen LogP contribution is -2.10. The molecule has 0 aliphatic heterocycles.